The predicted octanol–water partition coefficient (Wildman–Crippen LogP) is 2.72. The number of carbonyl (C=O) groups is 1. The zero-order chi connectivity index (χ0) is 15.1. The van der Waals surface area contributed by atoms with Crippen molar-refractivity contribution < 1.29 is 9.53 Å². The molecule has 0 radical (unpaired) electrons. The molecule has 0 aromatic heterocycles. The fraction of sp³-hybridized carbons (Fsp3) is 0.588. The molecule has 0 unspecified atom stereocenters. The molecule has 1 aromatic carbocycles. The van der Waals surface area contributed by atoms with Crippen LogP contribution in [0.2, 0.25) is 0 Å². The van der Waals surface area contributed by atoms with Gasteiger partial charge in [-0.25, -0.2) is 0 Å². The topological polar surface area (TPSA) is 64.3 Å². The van der Waals surface area contributed by atoms with Crippen molar-refractivity contribution in [1.82, 2.24) is 5.32 Å². The molecule has 116 valence electrons. The van der Waals surface area contributed by atoms with Crippen LogP contribution in [0, 0.1) is 5.41 Å². The van der Waals surface area contributed by atoms with Gasteiger partial charge in [0.1, 0.15) is 5.75 Å². The van der Waals surface area contributed by atoms with Gasteiger partial charge in [-0.1, -0.05) is 25.8 Å². The lowest BCUT2D eigenvalue weighted by Crippen LogP contribution is -2.40. The molecule has 2 rings (SSSR count). The normalized spacial score (nSPS) is 16.7. The Morgan fingerprint density at radius 1 is 1.38 bits per heavy atom. The Labute approximate surface area is 127 Å². The molecular formula is C17H26N2O2. The predicted molar refractivity (Wildman–Crippen MR) is 84.5 cm³/mol. The number of carbonyl (C=O) groups excluding carboxylic acids is 1. The van der Waals surface area contributed by atoms with E-state index in [0.717, 1.165) is 25.0 Å². The third-order valence-corrected chi connectivity index (χ3v) is 4.29. The number of benzene rings is 1. The van der Waals surface area contributed by atoms with Crippen LogP contribution >= 0.6 is 0 Å². The van der Waals surface area contributed by atoms with Crippen LogP contribution in [0.15, 0.2) is 24.3 Å². The van der Waals surface area contributed by atoms with Crippen molar-refractivity contribution in [3.05, 3.63) is 29.8 Å². The Balaban J connectivity index is 1.93. The molecule has 0 saturated heterocycles. The summed E-state index contributed by atoms with van der Waals surface area (Å²) < 4.78 is 5.56. The van der Waals surface area contributed by atoms with Crippen molar-refractivity contribution >= 4 is 5.91 Å². The maximum atomic E-state index is 12.3. The van der Waals surface area contributed by atoms with Crippen LogP contribution in [0.3, 0.4) is 0 Å². The first-order chi connectivity index (χ1) is 10.2. The van der Waals surface area contributed by atoms with Gasteiger partial charge in [0.05, 0.1) is 6.61 Å². The molecule has 4 nitrogen and oxygen atoms in total. The van der Waals surface area contributed by atoms with Gasteiger partial charge in [-0.15, -0.1) is 0 Å². The minimum atomic E-state index is -0.0447. The Bertz CT molecular complexity index is 468. The second-order valence-corrected chi connectivity index (χ2v) is 5.97. The number of hydrogen-bond donors (Lipinski definition) is 2. The van der Waals surface area contributed by atoms with E-state index < -0.39 is 0 Å². The highest BCUT2D eigenvalue weighted by molar-refractivity contribution is 5.94. The number of ether oxygens (including phenoxy) is 1. The van der Waals surface area contributed by atoms with E-state index in [0.29, 0.717) is 25.3 Å². The summed E-state index contributed by atoms with van der Waals surface area (Å²) in [5.41, 5.74) is 6.65. The summed E-state index contributed by atoms with van der Waals surface area (Å²) in [5.74, 6) is 0.704. The fourth-order valence-electron chi connectivity index (χ4n) is 2.89. The van der Waals surface area contributed by atoms with E-state index in [-0.39, 0.29) is 11.3 Å². The zero-order valence-corrected chi connectivity index (χ0v) is 12.9. The number of hydrogen-bond acceptors (Lipinski definition) is 3. The first-order valence-electron chi connectivity index (χ1n) is 7.90. The van der Waals surface area contributed by atoms with E-state index in [1.807, 2.05) is 18.2 Å². The summed E-state index contributed by atoms with van der Waals surface area (Å²) in [6, 6.07) is 7.35. The number of nitrogens with one attached hydrogen (secondary N) is 1. The molecule has 1 saturated carbocycles. The van der Waals surface area contributed by atoms with E-state index in [9.17, 15) is 4.79 Å². The van der Waals surface area contributed by atoms with Crippen LogP contribution in [0.25, 0.3) is 0 Å². The lowest BCUT2D eigenvalue weighted by Gasteiger charge is -2.27. The van der Waals surface area contributed by atoms with Crippen molar-refractivity contribution in [2.24, 2.45) is 11.1 Å². The summed E-state index contributed by atoms with van der Waals surface area (Å²) in [6.07, 6.45) is 5.61. The first kappa shape index (κ1) is 15.8. The third kappa shape index (κ3) is 4.21. The number of rotatable bonds is 7. The van der Waals surface area contributed by atoms with Gasteiger partial charge in [0.15, 0.2) is 0 Å². The molecule has 4 heteroatoms. The minimum absolute atomic E-state index is 0.0447. The molecule has 1 amide bonds. The highest BCUT2D eigenvalue weighted by Gasteiger charge is 2.32. The lowest BCUT2D eigenvalue weighted by atomic mass is 9.86. The van der Waals surface area contributed by atoms with Crippen LogP contribution in [-0.4, -0.2) is 25.6 Å². The average molecular weight is 290 g/mol. The number of amides is 1. The molecule has 0 aliphatic heterocycles. The van der Waals surface area contributed by atoms with Crippen LogP contribution in [0.1, 0.15) is 49.4 Å². The second-order valence-electron chi connectivity index (χ2n) is 5.97. The van der Waals surface area contributed by atoms with Crippen molar-refractivity contribution in [2.75, 3.05) is 19.7 Å². The first-order valence-corrected chi connectivity index (χ1v) is 7.90. The van der Waals surface area contributed by atoms with Crippen molar-refractivity contribution in [3.8, 4) is 5.75 Å². The fourth-order valence-corrected chi connectivity index (χ4v) is 2.89. The van der Waals surface area contributed by atoms with Crippen LogP contribution < -0.4 is 15.8 Å². The quantitative estimate of drug-likeness (QED) is 0.811. The van der Waals surface area contributed by atoms with Crippen molar-refractivity contribution in [2.45, 2.75) is 39.0 Å². The summed E-state index contributed by atoms with van der Waals surface area (Å²) >= 11 is 0. The van der Waals surface area contributed by atoms with Gasteiger partial charge < -0.3 is 15.8 Å². The van der Waals surface area contributed by atoms with Gasteiger partial charge in [0.2, 0.25) is 0 Å². The SMILES string of the molecule is CCCOc1cccc(C(=O)NCC2(CN)CCCC2)c1. The van der Waals surface area contributed by atoms with E-state index in [1.54, 1.807) is 6.07 Å². The molecule has 21 heavy (non-hydrogen) atoms. The smallest absolute Gasteiger partial charge is 0.251 e. The van der Waals surface area contributed by atoms with Crippen LogP contribution in [-0.2, 0) is 0 Å². The van der Waals surface area contributed by atoms with Crippen LogP contribution in [0.5, 0.6) is 5.75 Å². The van der Waals surface area contributed by atoms with Gasteiger partial charge >= 0.3 is 0 Å². The molecule has 0 atom stereocenters. The Kier molecular flexibility index (Phi) is 5.62. The van der Waals surface area contributed by atoms with E-state index in [4.69, 9.17) is 10.5 Å². The molecule has 0 heterocycles. The van der Waals surface area contributed by atoms with E-state index >= 15 is 0 Å². The Morgan fingerprint density at radius 3 is 2.81 bits per heavy atom. The van der Waals surface area contributed by atoms with Gasteiger partial charge in [-0.3, -0.25) is 4.79 Å². The molecule has 1 aromatic rings. The Morgan fingerprint density at radius 2 is 2.14 bits per heavy atom. The monoisotopic (exact) mass is 290 g/mol. The van der Waals surface area contributed by atoms with Gasteiger partial charge in [0.25, 0.3) is 5.91 Å². The minimum Gasteiger partial charge on any atom is -0.494 e. The highest BCUT2D eigenvalue weighted by Crippen LogP contribution is 2.36. The number of nitrogens with two attached hydrogens (primary N) is 1. The molecule has 1 fully saturated rings. The molecule has 1 aliphatic carbocycles. The van der Waals surface area contributed by atoms with Gasteiger partial charge in [0, 0.05) is 12.1 Å². The van der Waals surface area contributed by atoms with Gasteiger partial charge in [-0.05, 0) is 49.4 Å². The summed E-state index contributed by atoms with van der Waals surface area (Å²) in [4.78, 5) is 12.3. The van der Waals surface area contributed by atoms with Gasteiger partial charge in [-0.2, -0.15) is 0 Å². The standard InChI is InChI=1S/C17H26N2O2/c1-2-10-21-15-7-5-6-14(11-15)16(20)19-13-17(12-18)8-3-4-9-17/h5-7,11H,2-4,8-10,12-13,18H2,1H3,(H,19,20). The summed E-state index contributed by atoms with van der Waals surface area (Å²) in [7, 11) is 0. The summed E-state index contributed by atoms with van der Waals surface area (Å²) in [5, 5.41) is 3.04. The van der Waals surface area contributed by atoms with Crippen molar-refractivity contribution in [3.63, 3.8) is 0 Å². The molecule has 0 bridgehead atoms. The molecule has 0 spiro atoms. The maximum Gasteiger partial charge on any atom is 0.251 e. The highest BCUT2D eigenvalue weighted by atomic mass is 16.5. The second kappa shape index (κ2) is 7.46. The van der Waals surface area contributed by atoms with Crippen LogP contribution in [0.4, 0.5) is 0 Å². The van der Waals surface area contributed by atoms with Crippen molar-refractivity contribution in [1.29, 1.82) is 0 Å². The average Bonchev–Trinajstić information content (AvgIpc) is 3.00. The zero-order valence-electron chi connectivity index (χ0n) is 12.9. The third-order valence-electron chi connectivity index (χ3n) is 4.29. The summed E-state index contributed by atoms with van der Waals surface area (Å²) in [6.45, 7) is 4.04. The molecule has 1 aliphatic rings. The van der Waals surface area contributed by atoms with E-state index in [1.165, 1.54) is 12.8 Å². The largest absolute Gasteiger partial charge is 0.494 e. The molecular weight excluding hydrogens is 264 g/mol. The lowest BCUT2D eigenvalue weighted by molar-refractivity contribution is 0.0931. The molecule has 3 N–H and O–H groups in total. The maximum absolute atomic E-state index is 12.3. The van der Waals surface area contributed by atoms with E-state index in [2.05, 4.69) is 12.2 Å². The Hall–Kier alpha value is -1.55.